The maximum Gasteiger partial charge on any atom is 0.251 e. The molecule has 1 heterocycles. The molecule has 20 heavy (non-hydrogen) atoms. The summed E-state index contributed by atoms with van der Waals surface area (Å²) in [5.41, 5.74) is -0.666. The van der Waals surface area contributed by atoms with Crippen molar-refractivity contribution in [1.29, 1.82) is 0 Å². The number of amides is 1. The third-order valence-electron chi connectivity index (χ3n) is 3.33. The lowest BCUT2D eigenvalue weighted by atomic mass is 10.0. The van der Waals surface area contributed by atoms with Crippen LogP contribution >= 0.6 is 0 Å². The average Bonchev–Trinajstić information content (AvgIpc) is 2.63. The molecule has 1 saturated heterocycles. The van der Waals surface area contributed by atoms with Crippen molar-refractivity contribution < 1.29 is 22.3 Å². The molecule has 1 aliphatic rings. The van der Waals surface area contributed by atoms with E-state index in [4.69, 9.17) is 4.74 Å². The molecule has 0 radical (unpaired) electrons. The lowest BCUT2D eigenvalue weighted by Gasteiger charge is -2.23. The van der Waals surface area contributed by atoms with E-state index in [1.54, 1.807) is 6.92 Å². The van der Waals surface area contributed by atoms with Crippen LogP contribution < -0.4 is 10.1 Å². The molecule has 1 aromatic carbocycles. The van der Waals surface area contributed by atoms with Crippen LogP contribution in [0.15, 0.2) is 18.2 Å². The van der Waals surface area contributed by atoms with Crippen molar-refractivity contribution >= 4 is 15.7 Å². The Morgan fingerprint density at radius 1 is 1.45 bits per heavy atom. The summed E-state index contributed by atoms with van der Waals surface area (Å²) in [6.45, 7) is 1.68. The van der Waals surface area contributed by atoms with Gasteiger partial charge in [0, 0.05) is 5.56 Å². The lowest BCUT2D eigenvalue weighted by Crippen LogP contribution is -2.46. The van der Waals surface area contributed by atoms with Gasteiger partial charge in [-0.05, 0) is 31.5 Å². The van der Waals surface area contributed by atoms with Gasteiger partial charge in [-0.25, -0.2) is 12.8 Å². The SMILES string of the molecule is COc1ccc(C(=O)N[C@]2(C)CCS(=O)(=O)C2)cc1F. The number of sulfone groups is 1. The van der Waals surface area contributed by atoms with Gasteiger partial charge in [-0.15, -0.1) is 0 Å². The van der Waals surface area contributed by atoms with Gasteiger partial charge in [0.1, 0.15) is 0 Å². The Morgan fingerprint density at radius 2 is 2.15 bits per heavy atom. The molecule has 5 nitrogen and oxygen atoms in total. The number of nitrogens with one attached hydrogen (secondary N) is 1. The molecule has 1 aromatic rings. The van der Waals surface area contributed by atoms with E-state index in [1.807, 2.05) is 0 Å². The molecule has 0 bridgehead atoms. The first-order valence-corrected chi connectivity index (χ1v) is 7.93. The lowest BCUT2D eigenvalue weighted by molar-refractivity contribution is 0.0915. The van der Waals surface area contributed by atoms with Crippen LogP contribution in [0.2, 0.25) is 0 Å². The van der Waals surface area contributed by atoms with Crippen LogP contribution in [0.1, 0.15) is 23.7 Å². The molecule has 0 saturated carbocycles. The van der Waals surface area contributed by atoms with E-state index in [9.17, 15) is 17.6 Å². The van der Waals surface area contributed by atoms with E-state index in [2.05, 4.69) is 5.32 Å². The number of rotatable bonds is 3. The van der Waals surface area contributed by atoms with Crippen LogP contribution in [0.3, 0.4) is 0 Å². The average molecular weight is 301 g/mol. The van der Waals surface area contributed by atoms with Crippen molar-refractivity contribution in [3.8, 4) is 5.75 Å². The molecular formula is C13H16FNO4S. The summed E-state index contributed by atoms with van der Waals surface area (Å²) in [5.74, 6) is -1.11. The van der Waals surface area contributed by atoms with Gasteiger partial charge in [-0.2, -0.15) is 0 Å². The van der Waals surface area contributed by atoms with E-state index in [1.165, 1.54) is 19.2 Å². The second kappa shape index (κ2) is 5.05. The molecule has 1 aliphatic heterocycles. The Bertz CT molecular complexity index is 644. The molecular weight excluding hydrogens is 285 g/mol. The number of carbonyl (C=O) groups is 1. The van der Waals surface area contributed by atoms with Crippen molar-refractivity contribution in [1.82, 2.24) is 5.32 Å². The molecule has 7 heteroatoms. The Hall–Kier alpha value is -1.63. The third-order valence-corrected chi connectivity index (χ3v) is 5.24. The van der Waals surface area contributed by atoms with Crippen LogP contribution in [0.4, 0.5) is 4.39 Å². The van der Waals surface area contributed by atoms with Gasteiger partial charge >= 0.3 is 0 Å². The van der Waals surface area contributed by atoms with Crippen molar-refractivity contribution in [2.45, 2.75) is 18.9 Å². The highest BCUT2D eigenvalue weighted by molar-refractivity contribution is 7.91. The number of benzene rings is 1. The summed E-state index contributed by atoms with van der Waals surface area (Å²) < 4.78 is 41.3. The van der Waals surface area contributed by atoms with E-state index < -0.39 is 27.1 Å². The Labute approximate surface area is 117 Å². The smallest absolute Gasteiger partial charge is 0.251 e. The topological polar surface area (TPSA) is 72.5 Å². The highest BCUT2D eigenvalue weighted by Crippen LogP contribution is 2.24. The van der Waals surface area contributed by atoms with Crippen molar-refractivity contribution in [2.24, 2.45) is 0 Å². The molecule has 0 aromatic heterocycles. The standard InChI is InChI=1S/C13H16FNO4S/c1-13(5-6-20(17,18)8-13)15-12(16)9-3-4-11(19-2)10(14)7-9/h3-4,7H,5-6,8H2,1-2H3,(H,15,16)/t13-/m1/s1. The summed E-state index contributed by atoms with van der Waals surface area (Å²) in [4.78, 5) is 12.1. The largest absolute Gasteiger partial charge is 0.494 e. The van der Waals surface area contributed by atoms with E-state index in [0.717, 1.165) is 6.07 Å². The molecule has 1 atom stereocenters. The maximum absolute atomic E-state index is 13.5. The molecule has 1 amide bonds. The minimum Gasteiger partial charge on any atom is -0.494 e. The number of halogens is 1. The number of hydrogen-bond acceptors (Lipinski definition) is 4. The van der Waals surface area contributed by atoms with Crippen LogP contribution in [0.5, 0.6) is 5.75 Å². The van der Waals surface area contributed by atoms with E-state index >= 15 is 0 Å². The summed E-state index contributed by atoms with van der Waals surface area (Å²) in [5, 5.41) is 2.67. The zero-order valence-electron chi connectivity index (χ0n) is 11.3. The van der Waals surface area contributed by atoms with Gasteiger partial charge in [0.15, 0.2) is 21.4 Å². The number of ether oxygens (including phenoxy) is 1. The fourth-order valence-electron chi connectivity index (χ4n) is 2.26. The minimum atomic E-state index is -3.11. The zero-order chi connectivity index (χ0) is 15.0. The second-order valence-electron chi connectivity index (χ2n) is 5.21. The van der Waals surface area contributed by atoms with Gasteiger partial charge in [-0.1, -0.05) is 0 Å². The maximum atomic E-state index is 13.5. The molecule has 1 N–H and O–H groups in total. The predicted octanol–water partition coefficient (Wildman–Crippen LogP) is 1.14. The quantitative estimate of drug-likeness (QED) is 0.909. The van der Waals surface area contributed by atoms with E-state index in [0.29, 0.717) is 6.42 Å². The zero-order valence-corrected chi connectivity index (χ0v) is 12.1. The van der Waals surface area contributed by atoms with Crippen LogP contribution in [0.25, 0.3) is 0 Å². The van der Waals surface area contributed by atoms with E-state index in [-0.39, 0.29) is 22.8 Å². The molecule has 110 valence electrons. The van der Waals surface area contributed by atoms with Gasteiger partial charge in [0.05, 0.1) is 24.2 Å². The number of hydrogen-bond donors (Lipinski definition) is 1. The van der Waals surface area contributed by atoms with Gasteiger partial charge in [0.2, 0.25) is 0 Å². The summed E-state index contributed by atoms with van der Waals surface area (Å²) >= 11 is 0. The fourth-order valence-corrected chi connectivity index (χ4v) is 4.36. The number of carbonyl (C=O) groups excluding carboxylic acids is 1. The van der Waals surface area contributed by atoms with Gasteiger partial charge < -0.3 is 10.1 Å². The van der Waals surface area contributed by atoms with Crippen LogP contribution in [-0.4, -0.2) is 38.5 Å². The molecule has 0 spiro atoms. The first kappa shape index (κ1) is 14.8. The monoisotopic (exact) mass is 301 g/mol. The molecule has 1 fully saturated rings. The molecule has 2 rings (SSSR count). The fraction of sp³-hybridized carbons (Fsp3) is 0.462. The minimum absolute atomic E-state index is 0.0520. The molecule has 0 unspecified atom stereocenters. The summed E-state index contributed by atoms with van der Waals surface area (Å²) in [6.07, 6.45) is 0.361. The third kappa shape index (κ3) is 3.09. The Kier molecular flexibility index (Phi) is 3.73. The van der Waals surface area contributed by atoms with Crippen LogP contribution in [0, 0.1) is 5.82 Å². The Balaban J connectivity index is 2.15. The highest BCUT2D eigenvalue weighted by atomic mass is 32.2. The van der Waals surface area contributed by atoms with Crippen LogP contribution in [-0.2, 0) is 9.84 Å². The summed E-state index contributed by atoms with van der Waals surface area (Å²) in [7, 11) is -1.77. The van der Waals surface area contributed by atoms with Crippen molar-refractivity contribution in [3.63, 3.8) is 0 Å². The first-order valence-electron chi connectivity index (χ1n) is 6.11. The summed E-state index contributed by atoms with van der Waals surface area (Å²) in [6, 6.07) is 3.86. The first-order chi connectivity index (χ1) is 9.25. The highest BCUT2D eigenvalue weighted by Gasteiger charge is 2.39. The Morgan fingerprint density at radius 3 is 2.65 bits per heavy atom. The van der Waals surface area contributed by atoms with Crippen molar-refractivity contribution in [2.75, 3.05) is 18.6 Å². The predicted molar refractivity (Wildman–Crippen MR) is 72.1 cm³/mol. The normalized spacial score (nSPS) is 24.4. The second-order valence-corrected chi connectivity index (χ2v) is 7.39. The molecule has 0 aliphatic carbocycles. The number of methoxy groups -OCH3 is 1. The van der Waals surface area contributed by atoms with Gasteiger partial charge in [0.25, 0.3) is 5.91 Å². The van der Waals surface area contributed by atoms with Crippen molar-refractivity contribution in [3.05, 3.63) is 29.6 Å². The van der Waals surface area contributed by atoms with Gasteiger partial charge in [-0.3, -0.25) is 4.79 Å².